The smallest absolute Gasteiger partial charge is 0.164 e. The Balaban J connectivity index is 1.11. The second kappa shape index (κ2) is 12.8. The van der Waals surface area contributed by atoms with Gasteiger partial charge >= 0.3 is 0 Å². The van der Waals surface area contributed by atoms with E-state index in [2.05, 4.69) is 24.3 Å². The number of thiophene rings is 1. The van der Waals surface area contributed by atoms with E-state index in [9.17, 15) is 8.22 Å². The Morgan fingerprint density at radius 2 is 0.782 bits per heavy atom. The van der Waals surface area contributed by atoms with Gasteiger partial charge in [0.25, 0.3) is 0 Å². The van der Waals surface area contributed by atoms with Gasteiger partial charge in [-0.05, 0) is 78.8 Å². The zero-order chi connectivity index (χ0) is 41.5. The molecule has 0 aliphatic rings. The molecule has 0 aliphatic carbocycles. The van der Waals surface area contributed by atoms with E-state index in [1.54, 1.807) is 0 Å². The molecule has 256 valence electrons. The van der Waals surface area contributed by atoms with E-state index in [0.29, 0.717) is 26.6 Å². The second-order valence-corrected chi connectivity index (χ2v) is 14.5. The normalized spacial score (nSPS) is 13.2. The molecule has 0 N–H and O–H groups in total. The SMILES string of the molecule is [2H]c1c(-c2ccc3c4ccccc4c4ccccc4c3c2)c([2H])c2c(sc3c([2H])c(-c4nc(-c5ccccc5)nc(-c5ccc(-c6ccccc6)cc5)n4)c([2H])c([2H])c32)c1[2H]. The highest BCUT2D eigenvalue weighted by Crippen LogP contribution is 2.41. The maximum Gasteiger partial charge on any atom is 0.164 e. The quantitative estimate of drug-likeness (QED) is 0.166. The van der Waals surface area contributed by atoms with Crippen LogP contribution in [0.1, 0.15) is 8.22 Å². The first kappa shape index (κ1) is 25.9. The van der Waals surface area contributed by atoms with Crippen LogP contribution in [0.2, 0.25) is 0 Å². The fourth-order valence-corrected chi connectivity index (χ4v) is 8.46. The maximum absolute atomic E-state index is 9.65. The number of nitrogens with zero attached hydrogens (tertiary/aromatic N) is 3. The highest BCUT2D eigenvalue weighted by Gasteiger charge is 2.16. The maximum atomic E-state index is 9.65. The van der Waals surface area contributed by atoms with E-state index < -0.39 is 0 Å². The van der Waals surface area contributed by atoms with Crippen LogP contribution in [0, 0.1) is 0 Å². The summed E-state index contributed by atoms with van der Waals surface area (Å²) in [6.07, 6.45) is 0. The van der Waals surface area contributed by atoms with Gasteiger partial charge in [0.15, 0.2) is 17.5 Å². The fraction of sp³-hybridized carbons (Fsp3) is 0. The first-order valence-electron chi connectivity index (χ1n) is 21.0. The van der Waals surface area contributed by atoms with E-state index in [4.69, 9.17) is 15.0 Å². The summed E-state index contributed by atoms with van der Waals surface area (Å²) in [5, 5.41) is 6.93. The first-order valence-corrected chi connectivity index (χ1v) is 18.9. The second-order valence-electron chi connectivity index (χ2n) is 13.5. The predicted molar refractivity (Wildman–Crippen MR) is 232 cm³/mol. The number of hydrogen-bond acceptors (Lipinski definition) is 4. The number of aromatic nitrogens is 3. The summed E-state index contributed by atoms with van der Waals surface area (Å²) in [7, 11) is 0. The molecular weight excluding hydrogens is 687 g/mol. The molecule has 3 nitrogen and oxygen atoms in total. The van der Waals surface area contributed by atoms with Crippen molar-refractivity contribution >= 4 is 63.8 Å². The predicted octanol–water partition coefficient (Wildman–Crippen LogP) is 14.0. The van der Waals surface area contributed by atoms with Gasteiger partial charge in [-0.2, -0.15) is 0 Å². The molecule has 9 aromatic carbocycles. The van der Waals surface area contributed by atoms with Gasteiger partial charge in [0.05, 0.1) is 8.22 Å². The van der Waals surface area contributed by atoms with Gasteiger partial charge in [-0.1, -0.05) is 164 Å². The van der Waals surface area contributed by atoms with Gasteiger partial charge in [0.1, 0.15) is 0 Å². The molecule has 55 heavy (non-hydrogen) atoms. The molecule has 0 spiro atoms. The average molecular weight is 724 g/mol. The molecule has 2 heterocycles. The van der Waals surface area contributed by atoms with Crippen molar-refractivity contribution in [3.63, 3.8) is 0 Å². The van der Waals surface area contributed by atoms with Crippen LogP contribution in [0.5, 0.6) is 0 Å². The van der Waals surface area contributed by atoms with Crippen LogP contribution in [0.3, 0.4) is 0 Å². The monoisotopic (exact) mass is 723 g/mol. The lowest BCUT2D eigenvalue weighted by molar-refractivity contribution is 1.07. The number of rotatable bonds is 5. The molecule has 0 atom stereocenters. The third kappa shape index (κ3) is 5.46. The Kier molecular flexibility index (Phi) is 6.04. The summed E-state index contributed by atoms with van der Waals surface area (Å²) in [5.74, 6) is 0.789. The Morgan fingerprint density at radius 1 is 0.309 bits per heavy atom. The molecule has 0 amide bonds. The van der Waals surface area contributed by atoms with Crippen molar-refractivity contribution in [2.24, 2.45) is 0 Å². The third-order valence-electron chi connectivity index (χ3n) is 10.2. The highest BCUT2D eigenvalue weighted by molar-refractivity contribution is 7.25. The summed E-state index contributed by atoms with van der Waals surface area (Å²) in [5.41, 5.74) is 4.49. The minimum Gasteiger partial charge on any atom is -0.208 e. The topological polar surface area (TPSA) is 38.7 Å². The summed E-state index contributed by atoms with van der Waals surface area (Å²) >= 11 is 1.10. The number of benzene rings is 9. The zero-order valence-electron chi connectivity index (χ0n) is 35.2. The molecule has 0 saturated carbocycles. The van der Waals surface area contributed by atoms with Crippen molar-refractivity contribution < 1.29 is 8.22 Å². The highest BCUT2D eigenvalue weighted by atomic mass is 32.1. The van der Waals surface area contributed by atoms with Crippen LogP contribution in [0.25, 0.3) is 109 Å². The number of fused-ring (bicyclic) bond motifs is 9. The first-order chi connectivity index (χ1) is 29.8. The third-order valence-corrected chi connectivity index (χ3v) is 11.2. The van der Waals surface area contributed by atoms with Gasteiger partial charge in [0.2, 0.25) is 0 Å². The van der Waals surface area contributed by atoms with Gasteiger partial charge < -0.3 is 0 Å². The Hall–Kier alpha value is -7.01. The lowest BCUT2D eigenvalue weighted by atomic mass is 9.92. The average Bonchev–Trinajstić information content (AvgIpc) is 3.73. The van der Waals surface area contributed by atoms with Crippen LogP contribution in [-0.2, 0) is 0 Å². The molecule has 2 aromatic heterocycles. The molecular formula is C51H31N3S. The van der Waals surface area contributed by atoms with Crippen LogP contribution < -0.4 is 0 Å². The minimum absolute atomic E-state index is 0.0143. The molecule has 11 rings (SSSR count). The van der Waals surface area contributed by atoms with Crippen LogP contribution in [0.15, 0.2) is 188 Å². The van der Waals surface area contributed by atoms with Crippen molar-refractivity contribution in [3.8, 4) is 56.4 Å². The van der Waals surface area contributed by atoms with E-state index in [-0.39, 0.29) is 64.0 Å². The Bertz CT molecular complexity index is 3560. The van der Waals surface area contributed by atoms with Crippen molar-refractivity contribution in [2.45, 2.75) is 0 Å². The van der Waals surface area contributed by atoms with Gasteiger partial charge in [-0.3, -0.25) is 0 Å². The molecule has 0 radical (unpaired) electrons. The standard InChI is InChI=1S/C51H31N3S/c1-3-11-32(12-4-1)33-19-21-35(22-20-33)50-52-49(34-13-5-2-6-14-34)53-51(54-50)38-24-27-44-46-30-37(25-28-47(46)55-48(44)31-38)36-23-26-43-41-17-8-7-15-39(41)40-16-9-10-18-42(40)45(43)29-36/h1-31H/i24D,25D,27D,28D,30D,31D. The minimum atomic E-state index is -0.265. The lowest BCUT2D eigenvalue weighted by Crippen LogP contribution is -2.00. The summed E-state index contributed by atoms with van der Waals surface area (Å²) in [6, 6.07) is 49.0. The summed E-state index contributed by atoms with van der Waals surface area (Å²) in [6.45, 7) is 0. The van der Waals surface area contributed by atoms with Crippen LogP contribution in [0.4, 0.5) is 0 Å². The summed E-state index contributed by atoms with van der Waals surface area (Å²) in [4.78, 5) is 14.5. The van der Waals surface area contributed by atoms with Crippen molar-refractivity contribution in [1.82, 2.24) is 15.0 Å². The summed E-state index contributed by atoms with van der Waals surface area (Å²) < 4.78 is 57.3. The van der Waals surface area contributed by atoms with E-state index in [0.717, 1.165) is 65.9 Å². The Labute approximate surface area is 330 Å². The number of hydrogen-bond donors (Lipinski definition) is 0. The van der Waals surface area contributed by atoms with Crippen LogP contribution >= 0.6 is 11.3 Å². The molecule has 0 unspecified atom stereocenters. The van der Waals surface area contributed by atoms with Crippen molar-refractivity contribution in [3.05, 3.63) is 188 Å². The van der Waals surface area contributed by atoms with Gasteiger partial charge in [-0.15, -0.1) is 11.3 Å². The molecule has 0 bridgehead atoms. The molecule has 0 fully saturated rings. The molecule has 0 aliphatic heterocycles. The molecule has 11 aromatic rings. The van der Waals surface area contributed by atoms with Crippen molar-refractivity contribution in [2.75, 3.05) is 0 Å². The van der Waals surface area contributed by atoms with Crippen molar-refractivity contribution in [1.29, 1.82) is 0 Å². The zero-order valence-corrected chi connectivity index (χ0v) is 30.0. The lowest BCUT2D eigenvalue weighted by Gasteiger charge is -2.12. The van der Waals surface area contributed by atoms with E-state index >= 15 is 0 Å². The fourth-order valence-electron chi connectivity index (χ4n) is 7.49. The van der Waals surface area contributed by atoms with E-state index in [1.807, 2.05) is 127 Å². The van der Waals surface area contributed by atoms with Gasteiger partial charge in [-0.25, -0.2) is 15.0 Å². The Morgan fingerprint density at radius 3 is 1.44 bits per heavy atom. The van der Waals surface area contributed by atoms with Gasteiger partial charge in [0, 0.05) is 36.9 Å². The molecule has 0 saturated heterocycles. The van der Waals surface area contributed by atoms with Crippen LogP contribution in [-0.4, -0.2) is 15.0 Å². The van der Waals surface area contributed by atoms with E-state index in [1.165, 1.54) is 0 Å². The molecule has 4 heteroatoms. The largest absolute Gasteiger partial charge is 0.208 e.